The van der Waals surface area contributed by atoms with Crippen molar-refractivity contribution in [2.24, 2.45) is 0 Å². The summed E-state index contributed by atoms with van der Waals surface area (Å²) in [5.41, 5.74) is 2.76. The molecule has 1 aromatic heterocycles. The average molecular weight is 337 g/mol. The molecule has 0 unspecified atom stereocenters. The van der Waals surface area contributed by atoms with Gasteiger partial charge in [-0.25, -0.2) is 4.98 Å². The van der Waals surface area contributed by atoms with Gasteiger partial charge in [0.05, 0.1) is 23.2 Å². The Kier molecular flexibility index (Phi) is 4.30. The lowest BCUT2D eigenvalue weighted by Gasteiger charge is -2.08. The van der Waals surface area contributed by atoms with Crippen LogP contribution in [0.5, 0.6) is 5.75 Å². The summed E-state index contributed by atoms with van der Waals surface area (Å²) in [7, 11) is 1.39. The fourth-order valence-electron chi connectivity index (χ4n) is 2.56. The second-order valence-electron chi connectivity index (χ2n) is 5.43. The molecule has 0 spiro atoms. The molecular formula is C18H15N3O4. The zero-order chi connectivity index (χ0) is 18.0. The number of nitro groups is 1. The molecule has 1 heterocycles. The van der Waals surface area contributed by atoms with Gasteiger partial charge >= 0.3 is 5.69 Å². The van der Waals surface area contributed by atoms with E-state index in [-0.39, 0.29) is 17.3 Å². The van der Waals surface area contributed by atoms with Crippen molar-refractivity contribution in [1.82, 2.24) is 4.98 Å². The molecule has 0 fully saturated rings. The number of carbonyl (C=O) groups is 1. The number of carbonyl (C=O) groups excluding carboxylic acids is 1. The number of hydrogen-bond acceptors (Lipinski definition) is 5. The summed E-state index contributed by atoms with van der Waals surface area (Å²) in [4.78, 5) is 26.2. The zero-order valence-electron chi connectivity index (χ0n) is 13.6. The quantitative estimate of drug-likeness (QED) is 0.577. The van der Waals surface area contributed by atoms with Gasteiger partial charge in [0.2, 0.25) is 5.91 Å². The first-order chi connectivity index (χ1) is 12.0. The molecule has 0 saturated heterocycles. The van der Waals surface area contributed by atoms with Gasteiger partial charge in [-0.2, -0.15) is 0 Å². The van der Waals surface area contributed by atoms with Crippen LogP contribution in [0.2, 0.25) is 0 Å². The Labute approximate surface area is 143 Å². The second-order valence-corrected chi connectivity index (χ2v) is 5.43. The smallest absolute Gasteiger partial charge is 0.310 e. The number of rotatable bonds is 4. The maximum Gasteiger partial charge on any atom is 0.310 e. The second kappa shape index (κ2) is 6.56. The fourth-order valence-corrected chi connectivity index (χ4v) is 2.56. The van der Waals surface area contributed by atoms with Crippen LogP contribution in [0.15, 0.2) is 48.5 Å². The standard InChI is InChI=1S/C18H15N3O4/c1-11(22)19-14-5-7-16-12(9-14)3-6-15(20-16)13-4-8-17(21(23)24)18(10-13)25-2/h3-10H,1-2H3,(H,19,22). The Morgan fingerprint density at radius 1 is 1.16 bits per heavy atom. The first kappa shape index (κ1) is 16.4. The average Bonchev–Trinajstić information content (AvgIpc) is 2.60. The van der Waals surface area contributed by atoms with Crippen LogP contribution < -0.4 is 10.1 Å². The first-order valence-corrected chi connectivity index (χ1v) is 7.49. The molecule has 3 rings (SSSR count). The molecule has 0 bridgehead atoms. The Morgan fingerprint density at radius 2 is 1.96 bits per heavy atom. The zero-order valence-corrected chi connectivity index (χ0v) is 13.6. The number of methoxy groups -OCH3 is 1. The number of amides is 1. The Morgan fingerprint density at radius 3 is 2.64 bits per heavy atom. The topological polar surface area (TPSA) is 94.4 Å². The Balaban J connectivity index is 2.01. The summed E-state index contributed by atoms with van der Waals surface area (Å²) in [6.07, 6.45) is 0. The lowest BCUT2D eigenvalue weighted by Crippen LogP contribution is -2.05. The van der Waals surface area contributed by atoms with Gasteiger partial charge in [-0.15, -0.1) is 0 Å². The van der Waals surface area contributed by atoms with Crippen molar-refractivity contribution in [3.63, 3.8) is 0 Å². The first-order valence-electron chi connectivity index (χ1n) is 7.49. The third kappa shape index (κ3) is 3.40. The molecule has 0 aliphatic heterocycles. The predicted molar refractivity (Wildman–Crippen MR) is 94.7 cm³/mol. The third-order valence-electron chi connectivity index (χ3n) is 3.68. The Hall–Kier alpha value is -3.48. The van der Waals surface area contributed by atoms with Crippen LogP contribution in [0.4, 0.5) is 11.4 Å². The summed E-state index contributed by atoms with van der Waals surface area (Å²) in [6.45, 7) is 1.45. The van der Waals surface area contributed by atoms with Crippen LogP contribution in [-0.4, -0.2) is 22.9 Å². The molecule has 7 nitrogen and oxygen atoms in total. The van der Waals surface area contributed by atoms with Gasteiger partial charge in [0.25, 0.3) is 0 Å². The Bertz CT molecular complexity index is 985. The molecule has 3 aromatic rings. The molecule has 0 aliphatic rings. The van der Waals surface area contributed by atoms with Gasteiger partial charge < -0.3 is 10.1 Å². The minimum absolute atomic E-state index is 0.0908. The van der Waals surface area contributed by atoms with Crippen molar-refractivity contribution < 1.29 is 14.5 Å². The molecule has 0 radical (unpaired) electrons. The number of hydrogen-bond donors (Lipinski definition) is 1. The monoisotopic (exact) mass is 337 g/mol. The predicted octanol–water partition coefficient (Wildman–Crippen LogP) is 3.78. The summed E-state index contributed by atoms with van der Waals surface area (Å²) in [6, 6.07) is 13.8. The minimum atomic E-state index is -0.486. The van der Waals surface area contributed by atoms with Crippen molar-refractivity contribution >= 4 is 28.2 Å². The molecular weight excluding hydrogens is 322 g/mol. The van der Waals surface area contributed by atoms with E-state index in [1.54, 1.807) is 18.2 Å². The van der Waals surface area contributed by atoms with Crippen molar-refractivity contribution in [2.75, 3.05) is 12.4 Å². The van der Waals surface area contributed by atoms with Crippen LogP contribution in [-0.2, 0) is 4.79 Å². The lowest BCUT2D eigenvalue weighted by atomic mass is 10.1. The number of aromatic nitrogens is 1. The molecule has 0 saturated carbocycles. The van der Waals surface area contributed by atoms with Gasteiger partial charge in [-0.1, -0.05) is 6.07 Å². The van der Waals surface area contributed by atoms with E-state index >= 15 is 0 Å². The molecule has 25 heavy (non-hydrogen) atoms. The van der Waals surface area contributed by atoms with E-state index in [0.717, 1.165) is 16.5 Å². The number of fused-ring (bicyclic) bond motifs is 1. The third-order valence-corrected chi connectivity index (χ3v) is 3.68. The highest BCUT2D eigenvalue weighted by atomic mass is 16.6. The van der Waals surface area contributed by atoms with Crippen LogP contribution in [0.25, 0.3) is 22.2 Å². The van der Waals surface area contributed by atoms with Crippen LogP contribution >= 0.6 is 0 Å². The molecule has 0 atom stereocenters. The highest BCUT2D eigenvalue weighted by molar-refractivity contribution is 5.92. The minimum Gasteiger partial charge on any atom is -0.490 e. The van der Waals surface area contributed by atoms with Crippen molar-refractivity contribution in [2.45, 2.75) is 6.92 Å². The van der Waals surface area contributed by atoms with Crippen molar-refractivity contribution in [1.29, 1.82) is 0 Å². The number of benzene rings is 2. The van der Waals surface area contributed by atoms with Crippen molar-refractivity contribution in [3.05, 3.63) is 58.6 Å². The molecule has 1 N–H and O–H groups in total. The van der Waals surface area contributed by atoms with Crippen molar-refractivity contribution in [3.8, 4) is 17.0 Å². The van der Waals surface area contributed by atoms with Gasteiger partial charge in [0, 0.05) is 29.6 Å². The number of pyridine rings is 1. The number of nitrogens with zero attached hydrogens (tertiary/aromatic N) is 2. The highest BCUT2D eigenvalue weighted by Gasteiger charge is 2.15. The number of ether oxygens (including phenoxy) is 1. The van der Waals surface area contributed by atoms with Crippen LogP contribution in [0.1, 0.15) is 6.92 Å². The van der Waals surface area contributed by atoms with Gasteiger partial charge in [0.15, 0.2) is 5.75 Å². The fraction of sp³-hybridized carbons (Fsp3) is 0.111. The van der Waals surface area contributed by atoms with E-state index in [2.05, 4.69) is 10.3 Å². The van der Waals surface area contributed by atoms with E-state index in [4.69, 9.17) is 4.74 Å². The summed E-state index contributed by atoms with van der Waals surface area (Å²) < 4.78 is 5.10. The largest absolute Gasteiger partial charge is 0.490 e. The highest BCUT2D eigenvalue weighted by Crippen LogP contribution is 2.32. The van der Waals surface area contributed by atoms with Gasteiger partial charge in [0.1, 0.15) is 0 Å². The summed E-state index contributed by atoms with van der Waals surface area (Å²) in [5, 5.41) is 14.6. The van der Waals surface area contributed by atoms with E-state index in [9.17, 15) is 14.9 Å². The molecule has 0 aliphatic carbocycles. The normalized spacial score (nSPS) is 10.5. The number of nitrogens with one attached hydrogen (secondary N) is 1. The van der Waals surface area contributed by atoms with Gasteiger partial charge in [-0.3, -0.25) is 14.9 Å². The van der Waals surface area contributed by atoms with Gasteiger partial charge in [-0.05, 0) is 36.4 Å². The SMILES string of the molecule is COc1cc(-c2ccc3cc(NC(C)=O)ccc3n2)ccc1[N+](=O)[O-]. The molecule has 7 heteroatoms. The molecule has 126 valence electrons. The molecule has 2 aromatic carbocycles. The van der Waals surface area contributed by atoms with E-state index in [1.807, 2.05) is 24.3 Å². The molecule has 1 amide bonds. The van der Waals surface area contributed by atoms with E-state index in [1.165, 1.54) is 20.1 Å². The van der Waals surface area contributed by atoms with E-state index in [0.29, 0.717) is 11.4 Å². The van der Waals surface area contributed by atoms with Crippen LogP contribution in [0.3, 0.4) is 0 Å². The summed E-state index contributed by atoms with van der Waals surface area (Å²) >= 11 is 0. The number of anilines is 1. The lowest BCUT2D eigenvalue weighted by molar-refractivity contribution is -0.385. The maximum absolute atomic E-state index is 11.1. The summed E-state index contributed by atoms with van der Waals surface area (Å²) in [5.74, 6) is 0.0484. The van der Waals surface area contributed by atoms with Crippen LogP contribution in [0, 0.1) is 10.1 Å². The maximum atomic E-state index is 11.1. The van der Waals surface area contributed by atoms with E-state index < -0.39 is 4.92 Å². The number of nitro benzene ring substituents is 1.